The summed E-state index contributed by atoms with van der Waals surface area (Å²) in [5.74, 6) is -2.86. The summed E-state index contributed by atoms with van der Waals surface area (Å²) >= 11 is 0. The Morgan fingerprint density at radius 2 is 1.49 bits per heavy atom. The molecule has 1 fully saturated rings. The van der Waals surface area contributed by atoms with Crippen molar-refractivity contribution in [2.45, 2.75) is 90.5 Å². The molecule has 1 saturated heterocycles. The molecule has 3 N–H and O–H groups in total. The standard InChI is InChI=1S/C33H41N4O12/c1-19(38)44-18-28-30(45-20(2)39)31(46-21(3)40)32(47-22(4)41)33(49-28)48-26-13-12-23-15-25(11-10-24(23)16-26)27-17-37(36-34-27)14-8-6-5-7-9-29(42)35-43/h10-13,15-17,28,30-33,36,43H,5-9,14,18H2,1-4H3,(H,35,42)/q-1/t28-,30-,31+,32+,33+/m1/s1. The lowest BCUT2D eigenvalue weighted by Crippen LogP contribution is -2.63. The van der Waals surface area contributed by atoms with E-state index in [1.54, 1.807) is 17.6 Å². The average Bonchev–Trinajstić information content (AvgIpc) is 3.52. The van der Waals surface area contributed by atoms with E-state index in [0.717, 1.165) is 68.6 Å². The molecule has 266 valence electrons. The number of ether oxygens (including phenoxy) is 6. The van der Waals surface area contributed by atoms with Crippen LogP contribution in [0.3, 0.4) is 0 Å². The second-order valence-corrected chi connectivity index (χ2v) is 11.5. The number of nitrogens with one attached hydrogen (secondary N) is 2. The fourth-order valence-electron chi connectivity index (χ4n) is 5.43. The second kappa shape index (κ2) is 17.5. The highest BCUT2D eigenvalue weighted by Crippen LogP contribution is 2.33. The van der Waals surface area contributed by atoms with E-state index in [0.29, 0.717) is 18.6 Å². The minimum Gasteiger partial charge on any atom is -0.602 e. The predicted octanol–water partition coefficient (Wildman–Crippen LogP) is 3.16. The second-order valence-electron chi connectivity index (χ2n) is 11.5. The van der Waals surface area contributed by atoms with Crippen LogP contribution >= 0.6 is 0 Å². The molecule has 2 heterocycles. The zero-order chi connectivity index (χ0) is 35.5. The van der Waals surface area contributed by atoms with Crippen LogP contribution in [0.4, 0.5) is 0 Å². The zero-order valence-electron chi connectivity index (χ0n) is 27.7. The molecule has 4 rings (SSSR count). The van der Waals surface area contributed by atoms with Gasteiger partial charge in [0.2, 0.25) is 18.3 Å². The molecule has 0 unspecified atom stereocenters. The van der Waals surface area contributed by atoms with Crippen molar-refractivity contribution in [1.29, 1.82) is 0 Å². The molecule has 49 heavy (non-hydrogen) atoms. The van der Waals surface area contributed by atoms with E-state index in [4.69, 9.17) is 33.6 Å². The number of benzene rings is 2. The SMILES string of the molecule is CC(=O)OC[C@H]1O[C@H](Oc2ccc3cc(C4=CN(CCCCCCC(=O)NO)N[N-]4)ccc3c2)[C@@H](OC(C)=O)[C@@H](OC(C)=O)[C@@H]1OC(C)=O. The van der Waals surface area contributed by atoms with Gasteiger partial charge in [-0.2, -0.15) is 0 Å². The van der Waals surface area contributed by atoms with Crippen LogP contribution in [0.5, 0.6) is 5.75 Å². The topological polar surface area (TPSA) is 202 Å². The van der Waals surface area contributed by atoms with E-state index in [1.165, 1.54) is 6.92 Å². The number of fused-ring (bicyclic) bond motifs is 1. The summed E-state index contributed by atoms with van der Waals surface area (Å²) in [7, 11) is 0. The Morgan fingerprint density at radius 1 is 0.837 bits per heavy atom. The van der Waals surface area contributed by atoms with Crippen molar-refractivity contribution in [1.82, 2.24) is 16.0 Å². The van der Waals surface area contributed by atoms with Crippen LogP contribution in [0.1, 0.15) is 65.4 Å². The maximum atomic E-state index is 12.1. The Balaban J connectivity index is 1.48. The Labute approximate surface area is 282 Å². The monoisotopic (exact) mass is 685 g/mol. The molecule has 2 aliphatic heterocycles. The first-order valence-corrected chi connectivity index (χ1v) is 15.8. The van der Waals surface area contributed by atoms with Crippen molar-refractivity contribution in [2.75, 3.05) is 13.2 Å². The Kier molecular flexibility index (Phi) is 13.1. The fraction of sp³-hybridized carbons (Fsp3) is 0.485. The predicted molar refractivity (Wildman–Crippen MR) is 171 cm³/mol. The molecular formula is C33H41N4O12-. The highest BCUT2D eigenvalue weighted by molar-refractivity contribution is 5.88. The molecule has 5 atom stereocenters. The van der Waals surface area contributed by atoms with Crippen molar-refractivity contribution in [3.8, 4) is 5.75 Å². The molecule has 0 aliphatic carbocycles. The lowest BCUT2D eigenvalue weighted by atomic mass is 9.98. The van der Waals surface area contributed by atoms with Gasteiger partial charge in [-0.25, -0.2) is 5.48 Å². The minimum atomic E-state index is -1.35. The quantitative estimate of drug-likeness (QED) is 0.0811. The summed E-state index contributed by atoms with van der Waals surface area (Å²) in [5, 5.41) is 12.2. The number of rotatable bonds is 15. The number of carbonyl (C=O) groups excluding carboxylic acids is 5. The number of amides is 1. The average molecular weight is 686 g/mol. The van der Waals surface area contributed by atoms with E-state index in [2.05, 4.69) is 11.0 Å². The number of unbranched alkanes of at least 4 members (excludes halogenated alkanes) is 3. The van der Waals surface area contributed by atoms with Crippen LogP contribution in [-0.4, -0.2) is 83.9 Å². The molecule has 0 spiro atoms. The van der Waals surface area contributed by atoms with Crippen molar-refractivity contribution in [2.24, 2.45) is 0 Å². The van der Waals surface area contributed by atoms with Gasteiger partial charge < -0.3 is 44.4 Å². The lowest BCUT2D eigenvalue weighted by molar-refractivity contribution is -0.288. The Bertz CT molecular complexity index is 1550. The van der Waals surface area contributed by atoms with Crippen LogP contribution in [0.2, 0.25) is 0 Å². The molecule has 2 aromatic rings. The van der Waals surface area contributed by atoms with Gasteiger partial charge in [0.1, 0.15) is 18.5 Å². The Hall–Kier alpha value is -4.93. The summed E-state index contributed by atoms with van der Waals surface area (Å²) in [5.41, 5.74) is 10.7. The molecule has 0 aromatic heterocycles. The fourth-order valence-corrected chi connectivity index (χ4v) is 5.43. The van der Waals surface area contributed by atoms with Crippen molar-refractivity contribution in [3.63, 3.8) is 0 Å². The molecule has 0 bridgehead atoms. The molecular weight excluding hydrogens is 644 g/mol. The highest BCUT2D eigenvalue weighted by atomic mass is 16.7. The number of carbonyl (C=O) groups is 5. The summed E-state index contributed by atoms with van der Waals surface area (Å²) in [4.78, 5) is 58.9. The van der Waals surface area contributed by atoms with Gasteiger partial charge in [-0.3, -0.25) is 29.2 Å². The number of nitrogens with zero attached hydrogens (tertiary/aromatic N) is 2. The minimum absolute atomic E-state index is 0.295. The van der Waals surface area contributed by atoms with Crippen LogP contribution in [0, 0.1) is 0 Å². The van der Waals surface area contributed by atoms with Gasteiger partial charge in [0.15, 0.2) is 12.2 Å². The van der Waals surface area contributed by atoms with Crippen LogP contribution in [0.15, 0.2) is 42.6 Å². The maximum Gasteiger partial charge on any atom is 0.303 e. The van der Waals surface area contributed by atoms with E-state index in [9.17, 15) is 24.0 Å². The highest BCUT2D eigenvalue weighted by Gasteiger charge is 2.53. The molecule has 0 saturated carbocycles. The number of hydrogen-bond donors (Lipinski definition) is 3. The summed E-state index contributed by atoms with van der Waals surface area (Å²) in [6.45, 7) is 5.02. The van der Waals surface area contributed by atoms with E-state index in [1.807, 2.05) is 35.5 Å². The molecule has 2 aliphatic rings. The molecule has 1 amide bonds. The van der Waals surface area contributed by atoms with Gasteiger partial charge in [0.05, 0.1) is 0 Å². The largest absolute Gasteiger partial charge is 0.602 e. The lowest BCUT2D eigenvalue weighted by Gasteiger charge is -2.43. The van der Waals surface area contributed by atoms with Gasteiger partial charge in [-0.15, -0.1) is 5.70 Å². The van der Waals surface area contributed by atoms with Crippen LogP contribution < -0.4 is 15.8 Å². The summed E-state index contributed by atoms with van der Waals surface area (Å²) in [6, 6.07) is 11.0. The van der Waals surface area contributed by atoms with Gasteiger partial charge >= 0.3 is 23.9 Å². The van der Waals surface area contributed by atoms with Gasteiger partial charge in [0.25, 0.3) is 0 Å². The third kappa shape index (κ3) is 10.8. The van der Waals surface area contributed by atoms with Gasteiger partial charge in [0, 0.05) is 46.9 Å². The number of hydrazine groups is 1. The smallest absolute Gasteiger partial charge is 0.303 e. The molecule has 16 heteroatoms. The number of hydroxylamine groups is 1. The zero-order valence-corrected chi connectivity index (χ0v) is 27.7. The first kappa shape index (κ1) is 36.9. The molecule has 0 radical (unpaired) electrons. The van der Waals surface area contributed by atoms with Crippen LogP contribution in [-0.2, 0) is 47.7 Å². The third-order valence-electron chi connectivity index (χ3n) is 7.56. The summed E-state index contributed by atoms with van der Waals surface area (Å²) in [6.07, 6.45) is -0.841. The normalized spacial score (nSPS) is 21.6. The Morgan fingerprint density at radius 3 is 2.18 bits per heavy atom. The van der Waals surface area contributed by atoms with Crippen LogP contribution in [0.25, 0.3) is 21.9 Å². The van der Waals surface area contributed by atoms with Crippen molar-refractivity contribution in [3.05, 3.63) is 53.6 Å². The first-order chi connectivity index (χ1) is 23.4. The molecule has 16 nitrogen and oxygen atoms in total. The first-order valence-electron chi connectivity index (χ1n) is 15.8. The van der Waals surface area contributed by atoms with Crippen molar-refractivity contribution < 1.29 is 57.6 Å². The van der Waals surface area contributed by atoms with Gasteiger partial charge in [-0.05, 0) is 47.4 Å². The van der Waals surface area contributed by atoms with Gasteiger partial charge in [-0.1, -0.05) is 31.0 Å². The molecule has 2 aromatic carbocycles. The number of esters is 4. The van der Waals surface area contributed by atoms with E-state index < -0.39 is 54.6 Å². The van der Waals surface area contributed by atoms with Crippen molar-refractivity contribution >= 4 is 46.3 Å². The number of hydrogen-bond acceptors (Lipinski definition) is 14. The maximum absolute atomic E-state index is 12.1. The third-order valence-corrected chi connectivity index (χ3v) is 7.56. The summed E-state index contributed by atoms with van der Waals surface area (Å²) < 4.78 is 33.7. The van der Waals surface area contributed by atoms with E-state index >= 15 is 0 Å². The van der Waals surface area contributed by atoms with E-state index in [-0.39, 0.29) is 12.5 Å².